The second-order valence-electron chi connectivity index (χ2n) is 3.57. The molecular weight excluding hydrogens is 428 g/mol. The Kier molecular flexibility index (Phi) is 7.34. The van der Waals surface area contributed by atoms with E-state index in [2.05, 4.69) is 47.2 Å². The van der Waals surface area contributed by atoms with Crippen LogP contribution in [0.25, 0.3) is 0 Å². The van der Waals surface area contributed by atoms with E-state index in [-0.39, 0.29) is 0 Å². The molecule has 0 radical (unpaired) electrons. The average molecular weight is 438 g/mol. The summed E-state index contributed by atoms with van der Waals surface area (Å²) in [6, 6.07) is 0. The Labute approximate surface area is 140 Å². The highest BCUT2D eigenvalue weighted by atomic mass is 79.9. The van der Waals surface area contributed by atoms with Crippen LogP contribution in [0.2, 0.25) is 0 Å². The molecule has 0 amide bonds. The van der Waals surface area contributed by atoms with Gasteiger partial charge in [-0.2, -0.15) is 0 Å². The van der Waals surface area contributed by atoms with E-state index in [4.69, 9.17) is 10.2 Å². The summed E-state index contributed by atoms with van der Waals surface area (Å²) in [4.78, 5) is 27.5. The molecular formula is C12H10Br2N2O4S. The van der Waals surface area contributed by atoms with E-state index in [1.54, 1.807) is 17.7 Å². The highest BCUT2D eigenvalue weighted by Crippen LogP contribution is 2.33. The molecule has 2 aromatic rings. The van der Waals surface area contributed by atoms with Crippen molar-refractivity contribution in [3.05, 3.63) is 49.6 Å². The van der Waals surface area contributed by atoms with Crippen molar-refractivity contribution in [1.29, 1.82) is 0 Å². The second kappa shape index (κ2) is 8.75. The number of H-pyrrole nitrogens is 1. The summed E-state index contributed by atoms with van der Waals surface area (Å²) < 4.78 is 2.25. The lowest BCUT2D eigenvalue weighted by molar-refractivity contribution is -0.134. The number of aromatic amines is 1. The van der Waals surface area contributed by atoms with Crippen molar-refractivity contribution >= 4 is 55.1 Å². The van der Waals surface area contributed by atoms with E-state index >= 15 is 0 Å². The number of halogens is 2. The lowest BCUT2D eigenvalue weighted by atomic mass is 10.3. The molecule has 2 heterocycles. The molecule has 112 valence electrons. The van der Waals surface area contributed by atoms with Crippen LogP contribution >= 0.6 is 43.2 Å². The van der Waals surface area contributed by atoms with Crippen LogP contribution in [0.3, 0.4) is 0 Å². The monoisotopic (exact) mass is 436 g/mol. The molecule has 6 nitrogen and oxygen atoms in total. The number of aliphatic carboxylic acids is 2. The van der Waals surface area contributed by atoms with E-state index in [1.165, 1.54) is 4.88 Å². The summed E-state index contributed by atoms with van der Waals surface area (Å²) in [5.41, 5.74) is 1.06. The first-order valence-electron chi connectivity index (χ1n) is 5.43. The summed E-state index contributed by atoms with van der Waals surface area (Å²) in [5, 5.41) is 17.7. The third-order valence-electron chi connectivity index (χ3n) is 2.02. The van der Waals surface area contributed by atoms with Crippen molar-refractivity contribution in [2.75, 3.05) is 0 Å². The molecule has 2 aromatic heterocycles. The number of carboxylic acids is 2. The van der Waals surface area contributed by atoms with Gasteiger partial charge in [0.2, 0.25) is 0 Å². The molecule has 0 aliphatic rings. The van der Waals surface area contributed by atoms with Crippen molar-refractivity contribution in [2.45, 2.75) is 6.42 Å². The van der Waals surface area contributed by atoms with Crippen LogP contribution in [0, 0.1) is 0 Å². The molecule has 0 aliphatic carbocycles. The minimum Gasteiger partial charge on any atom is -0.478 e. The van der Waals surface area contributed by atoms with E-state index in [0.29, 0.717) is 12.2 Å². The molecule has 0 unspecified atom stereocenters. The number of rotatable bonds is 4. The quantitative estimate of drug-likeness (QED) is 0.636. The molecule has 0 aromatic carbocycles. The smallest absolute Gasteiger partial charge is 0.328 e. The predicted octanol–water partition coefficient (Wildman–Crippen LogP) is 3.30. The number of nitrogens with one attached hydrogen (secondary N) is 1. The van der Waals surface area contributed by atoms with Crippen molar-refractivity contribution < 1.29 is 19.8 Å². The number of hydrogen-bond donors (Lipinski definition) is 3. The Morgan fingerprint density at radius 3 is 2.29 bits per heavy atom. The molecule has 0 saturated carbocycles. The molecule has 0 spiro atoms. The van der Waals surface area contributed by atoms with Gasteiger partial charge in [-0.05, 0) is 31.9 Å². The average Bonchev–Trinajstić information content (AvgIpc) is 3.03. The molecule has 0 atom stereocenters. The number of nitrogens with zero attached hydrogens (tertiary/aromatic N) is 1. The Bertz CT molecular complexity index is 622. The van der Waals surface area contributed by atoms with Crippen LogP contribution in [-0.4, -0.2) is 32.1 Å². The zero-order valence-corrected chi connectivity index (χ0v) is 14.4. The van der Waals surface area contributed by atoms with Crippen LogP contribution in [0.5, 0.6) is 0 Å². The van der Waals surface area contributed by atoms with Gasteiger partial charge in [-0.3, -0.25) is 0 Å². The normalized spacial score (nSPS) is 10.2. The molecule has 0 aliphatic heterocycles. The lowest BCUT2D eigenvalue weighted by Crippen LogP contribution is -1.91. The van der Waals surface area contributed by atoms with Gasteiger partial charge < -0.3 is 15.2 Å². The van der Waals surface area contributed by atoms with Crippen LogP contribution in [0.15, 0.2) is 39.0 Å². The van der Waals surface area contributed by atoms with Gasteiger partial charge in [-0.1, -0.05) is 0 Å². The fourth-order valence-electron chi connectivity index (χ4n) is 1.17. The van der Waals surface area contributed by atoms with Gasteiger partial charge in [-0.15, -0.1) is 11.3 Å². The fraction of sp³-hybridized carbons (Fsp3) is 0.0833. The largest absolute Gasteiger partial charge is 0.478 e. The van der Waals surface area contributed by atoms with E-state index in [1.807, 2.05) is 6.20 Å². The van der Waals surface area contributed by atoms with E-state index < -0.39 is 11.9 Å². The van der Waals surface area contributed by atoms with E-state index in [0.717, 1.165) is 21.1 Å². The maximum Gasteiger partial charge on any atom is 0.328 e. The van der Waals surface area contributed by atoms with Crippen molar-refractivity contribution in [3.63, 3.8) is 0 Å². The molecule has 3 N–H and O–H groups in total. The van der Waals surface area contributed by atoms with Gasteiger partial charge >= 0.3 is 11.9 Å². The number of thiophene rings is 1. The summed E-state index contributed by atoms with van der Waals surface area (Å²) in [7, 11) is 0. The highest BCUT2D eigenvalue weighted by molar-refractivity contribution is 9.13. The zero-order valence-electron chi connectivity index (χ0n) is 10.4. The first kappa shape index (κ1) is 17.6. The number of aromatic nitrogens is 2. The Balaban J connectivity index is 0.000000240. The Hall–Kier alpha value is -1.45. The summed E-state index contributed by atoms with van der Waals surface area (Å²) in [6.07, 6.45) is 5.61. The maximum atomic E-state index is 9.55. The minimum absolute atomic E-state index is 0.558. The van der Waals surface area contributed by atoms with Crippen LogP contribution in [0.1, 0.15) is 10.6 Å². The summed E-state index contributed by atoms with van der Waals surface area (Å²) in [6.45, 7) is 0. The zero-order chi connectivity index (χ0) is 15.8. The number of hydrogen-bond acceptors (Lipinski definition) is 4. The Morgan fingerprint density at radius 1 is 1.29 bits per heavy atom. The molecule has 2 rings (SSSR count). The highest BCUT2D eigenvalue weighted by Gasteiger charge is 2.08. The number of carbonyl (C=O) groups is 2. The Morgan fingerprint density at radius 2 is 1.90 bits per heavy atom. The first-order valence-corrected chi connectivity index (χ1v) is 7.89. The van der Waals surface area contributed by atoms with Gasteiger partial charge in [0.25, 0.3) is 0 Å². The first-order chi connectivity index (χ1) is 9.90. The topological polar surface area (TPSA) is 103 Å². The molecule has 9 heteroatoms. The molecule has 21 heavy (non-hydrogen) atoms. The lowest BCUT2D eigenvalue weighted by Gasteiger charge is -1.93. The van der Waals surface area contributed by atoms with Crippen molar-refractivity contribution in [2.24, 2.45) is 0 Å². The maximum absolute atomic E-state index is 9.55. The van der Waals surface area contributed by atoms with Gasteiger partial charge in [-0.25, -0.2) is 14.6 Å². The van der Waals surface area contributed by atoms with Crippen LogP contribution in [0.4, 0.5) is 0 Å². The van der Waals surface area contributed by atoms with Crippen LogP contribution in [-0.2, 0) is 16.0 Å². The molecule has 0 bridgehead atoms. The number of imidazole rings is 1. The minimum atomic E-state index is -1.26. The molecule has 0 saturated heterocycles. The van der Waals surface area contributed by atoms with Crippen molar-refractivity contribution in [1.82, 2.24) is 9.97 Å². The van der Waals surface area contributed by atoms with E-state index in [9.17, 15) is 9.59 Å². The third-order valence-corrected chi connectivity index (χ3v) is 5.64. The van der Waals surface area contributed by atoms with Crippen LogP contribution < -0.4 is 0 Å². The molecule has 0 fully saturated rings. The van der Waals surface area contributed by atoms with Gasteiger partial charge in [0.05, 0.1) is 12.0 Å². The standard InChI is InChI=1S/C8H6Br2N2S.C4H4O4/c9-6-3-13-7(8(6)10)1-5-2-11-4-12-5;5-3(6)1-2-4(7)8/h2-4H,1H2,(H,11,12);1-2H,(H,5,6)(H,7,8)/b;2-1+. The second-order valence-corrected chi connectivity index (χ2v) is 6.18. The van der Waals surface area contributed by atoms with Gasteiger partial charge in [0.15, 0.2) is 0 Å². The predicted molar refractivity (Wildman–Crippen MR) is 85.5 cm³/mol. The van der Waals surface area contributed by atoms with Crippen molar-refractivity contribution in [3.8, 4) is 0 Å². The van der Waals surface area contributed by atoms with Gasteiger partial charge in [0.1, 0.15) is 0 Å². The number of carboxylic acid groups (broad SMARTS) is 2. The fourth-order valence-corrected chi connectivity index (χ4v) is 3.32. The third kappa shape index (κ3) is 6.69. The SMILES string of the molecule is Brc1csc(Cc2c[nH]cn2)c1Br.O=C(O)/C=C/C(=O)O. The summed E-state index contributed by atoms with van der Waals surface area (Å²) >= 11 is 8.70. The summed E-state index contributed by atoms with van der Waals surface area (Å²) in [5.74, 6) is -2.51. The van der Waals surface area contributed by atoms with Gasteiger partial charge in [0, 0.05) is 44.0 Å².